The highest BCUT2D eigenvalue weighted by atomic mass is 19.3. The van der Waals surface area contributed by atoms with Gasteiger partial charge in [0.1, 0.15) is 28.8 Å². The summed E-state index contributed by atoms with van der Waals surface area (Å²) in [5.41, 5.74) is 0.869. The van der Waals surface area contributed by atoms with Gasteiger partial charge in [-0.3, -0.25) is 14.6 Å². The van der Waals surface area contributed by atoms with Gasteiger partial charge in [0.05, 0.1) is 12.6 Å². The third-order valence-electron chi connectivity index (χ3n) is 5.51. The summed E-state index contributed by atoms with van der Waals surface area (Å²) in [6.07, 6.45) is -1.33. The van der Waals surface area contributed by atoms with Gasteiger partial charge >= 0.3 is 5.97 Å². The fraction of sp³-hybridized carbons (Fsp3) is 0.333. The van der Waals surface area contributed by atoms with Gasteiger partial charge in [0.2, 0.25) is 0 Å². The van der Waals surface area contributed by atoms with Crippen molar-refractivity contribution in [1.29, 1.82) is 0 Å². The molecular formula is C24H22F3N3O4. The van der Waals surface area contributed by atoms with E-state index >= 15 is 0 Å². The molecule has 34 heavy (non-hydrogen) atoms. The van der Waals surface area contributed by atoms with Crippen molar-refractivity contribution < 1.29 is 32.2 Å². The highest BCUT2D eigenvalue weighted by molar-refractivity contribution is 5.96. The fourth-order valence-corrected chi connectivity index (χ4v) is 3.88. The second-order valence-corrected chi connectivity index (χ2v) is 7.96. The van der Waals surface area contributed by atoms with E-state index in [1.807, 2.05) is 0 Å². The molecule has 0 saturated carbocycles. The number of hydrogen-bond donors (Lipinski definition) is 1. The molecule has 2 aromatic heterocycles. The Hall–Kier alpha value is -3.53. The van der Waals surface area contributed by atoms with Gasteiger partial charge in [0.15, 0.2) is 0 Å². The van der Waals surface area contributed by atoms with E-state index in [1.165, 1.54) is 43.5 Å². The number of halogens is 3. The first kappa shape index (κ1) is 23.6. The van der Waals surface area contributed by atoms with Crippen LogP contribution in [0.1, 0.15) is 47.1 Å². The molecule has 10 heteroatoms. The Labute approximate surface area is 193 Å². The number of pyridine rings is 2. The molecule has 1 amide bonds. The third-order valence-corrected chi connectivity index (χ3v) is 5.51. The number of para-hydroxylation sites is 1. The van der Waals surface area contributed by atoms with Crippen molar-refractivity contribution in [2.75, 3.05) is 13.2 Å². The molecule has 3 heterocycles. The van der Waals surface area contributed by atoms with Gasteiger partial charge in [-0.2, -0.15) is 0 Å². The number of carbonyl (C=O) groups excluding carboxylic acids is 2. The molecule has 1 N–H and O–H groups in total. The number of benzene rings is 1. The van der Waals surface area contributed by atoms with Crippen LogP contribution in [0.3, 0.4) is 0 Å². The Balaban J connectivity index is 1.64. The number of nitrogens with zero attached hydrogens (tertiary/aromatic N) is 2. The van der Waals surface area contributed by atoms with E-state index in [-0.39, 0.29) is 29.9 Å². The van der Waals surface area contributed by atoms with Crippen molar-refractivity contribution in [2.24, 2.45) is 0 Å². The highest BCUT2D eigenvalue weighted by Gasteiger charge is 2.30. The van der Waals surface area contributed by atoms with Crippen molar-refractivity contribution in [2.45, 2.75) is 38.3 Å². The van der Waals surface area contributed by atoms with Crippen LogP contribution in [-0.2, 0) is 20.7 Å². The molecule has 1 fully saturated rings. The lowest BCUT2D eigenvalue weighted by molar-refractivity contribution is -0.154. The maximum atomic E-state index is 14.6. The normalized spacial score (nSPS) is 18.1. The van der Waals surface area contributed by atoms with Crippen molar-refractivity contribution in [1.82, 2.24) is 15.3 Å². The molecule has 0 aliphatic carbocycles. The van der Waals surface area contributed by atoms with E-state index in [2.05, 4.69) is 15.3 Å². The lowest BCUT2D eigenvalue weighted by atomic mass is 10.00. The van der Waals surface area contributed by atoms with Crippen LogP contribution in [0.2, 0.25) is 0 Å². The molecule has 1 aliphatic heterocycles. The molecule has 0 radical (unpaired) electrons. The van der Waals surface area contributed by atoms with Crippen LogP contribution in [0.25, 0.3) is 10.9 Å². The van der Waals surface area contributed by atoms with Crippen LogP contribution in [0.15, 0.2) is 42.6 Å². The zero-order valence-corrected chi connectivity index (χ0v) is 18.3. The van der Waals surface area contributed by atoms with E-state index in [9.17, 15) is 22.8 Å². The molecule has 1 saturated heterocycles. The fourth-order valence-electron chi connectivity index (χ4n) is 3.88. The zero-order valence-electron chi connectivity index (χ0n) is 18.3. The van der Waals surface area contributed by atoms with E-state index in [1.54, 1.807) is 6.07 Å². The molecule has 0 unspecified atom stereocenters. The average molecular weight is 473 g/mol. The maximum Gasteiger partial charge on any atom is 0.303 e. The number of alkyl halides is 2. The van der Waals surface area contributed by atoms with Gasteiger partial charge < -0.3 is 14.8 Å². The molecule has 3 aromatic rings. The number of carbonyl (C=O) groups is 2. The minimum absolute atomic E-state index is 0.0159. The largest absolute Gasteiger partial charge is 0.458 e. The van der Waals surface area contributed by atoms with Crippen molar-refractivity contribution in [3.05, 3.63) is 70.9 Å². The van der Waals surface area contributed by atoms with Crippen molar-refractivity contribution in [3.63, 3.8) is 0 Å². The summed E-state index contributed by atoms with van der Waals surface area (Å²) in [5.74, 6) is -1.64. The molecule has 0 bridgehead atoms. The number of aromatic nitrogens is 2. The second-order valence-electron chi connectivity index (χ2n) is 7.96. The predicted molar refractivity (Wildman–Crippen MR) is 116 cm³/mol. The summed E-state index contributed by atoms with van der Waals surface area (Å²) in [5, 5.41) is 3.31. The molecule has 0 spiro atoms. The Morgan fingerprint density at radius 2 is 2.09 bits per heavy atom. The number of ether oxygens (including phenoxy) is 2. The first-order valence-corrected chi connectivity index (χ1v) is 10.7. The minimum atomic E-state index is -2.68. The first-order valence-electron chi connectivity index (χ1n) is 10.7. The Morgan fingerprint density at radius 3 is 2.79 bits per heavy atom. The average Bonchev–Trinajstić information content (AvgIpc) is 2.81. The minimum Gasteiger partial charge on any atom is -0.458 e. The molecule has 4 rings (SSSR count). The summed E-state index contributed by atoms with van der Waals surface area (Å²) in [6, 6.07) is 8.26. The molecule has 1 aromatic carbocycles. The Bertz CT molecular complexity index is 1200. The number of amides is 1. The monoisotopic (exact) mass is 473 g/mol. The molecule has 7 nitrogen and oxygen atoms in total. The summed E-state index contributed by atoms with van der Waals surface area (Å²) in [6.45, 7) is 1.81. The summed E-state index contributed by atoms with van der Waals surface area (Å²) in [4.78, 5) is 32.4. The predicted octanol–water partition coefficient (Wildman–Crippen LogP) is 3.75. The first-order chi connectivity index (χ1) is 16.3. The van der Waals surface area contributed by atoms with Crippen LogP contribution in [0.5, 0.6) is 0 Å². The molecule has 1 aliphatic rings. The van der Waals surface area contributed by atoms with Gasteiger partial charge in [0.25, 0.3) is 12.3 Å². The third kappa shape index (κ3) is 5.33. The van der Waals surface area contributed by atoms with Gasteiger partial charge in [-0.1, -0.05) is 18.2 Å². The van der Waals surface area contributed by atoms with Crippen LogP contribution < -0.4 is 5.32 Å². The smallest absolute Gasteiger partial charge is 0.303 e. The van der Waals surface area contributed by atoms with Crippen LogP contribution in [0, 0.1) is 5.82 Å². The summed E-state index contributed by atoms with van der Waals surface area (Å²) < 4.78 is 50.8. The Morgan fingerprint density at radius 1 is 1.26 bits per heavy atom. The standard InChI is InChI=1S/C24H22F3N3O4/c1-13(31)34-21-12-33-8-7-18(21)30-24(32)20-10-15(16-3-2-4-17(25)22(16)29-20)9-14-5-6-19(23(26)27)28-11-14/h2-6,10-11,18,21,23H,7-9,12H2,1H3,(H,30,32)/t18-,21-/m0/s1. The van der Waals surface area contributed by atoms with Crippen LogP contribution in [0.4, 0.5) is 13.2 Å². The topological polar surface area (TPSA) is 90.4 Å². The van der Waals surface area contributed by atoms with Gasteiger partial charge in [0, 0.05) is 25.1 Å². The molecular weight excluding hydrogens is 451 g/mol. The quantitative estimate of drug-likeness (QED) is 0.549. The highest BCUT2D eigenvalue weighted by Crippen LogP contribution is 2.25. The van der Waals surface area contributed by atoms with E-state index in [0.717, 1.165) is 0 Å². The Kier molecular flexibility index (Phi) is 7.06. The van der Waals surface area contributed by atoms with Crippen molar-refractivity contribution in [3.8, 4) is 0 Å². The number of hydrogen-bond acceptors (Lipinski definition) is 6. The second kappa shape index (κ2) is 10.2. The number of esters is 1. The number of nitrogens with one attached hydrogen (secondary N) is 1. The van der Waals surface area contributed by atoms with Gasteiger partial charge in [-0.15, -0.1) is 0 Å². The van der Waals surface area contributed by atoms with E-state index < -0.39 is 36.3 Å². The zero-order chi connectivity index (χ0) is 24.2. The molecule has 2 atom stereocenters. The van der Waals surface area contributed by atoms with Crippen LogP contribution in [-0.4, -0.2) is 47.2 Å². The summed E-state index contributed by atoms with van der Waals surface area (Å²) >= 11 is 0. The lowest BCUT2D eigenvalue weighted by Gasteiger charge is -2.31. The SMILES string of the molecule is CC(=O)O[C@H]1COCC[C@@H]1NC(=O)c1cc(Cc2ccc(C(F)F)nc2)c2cccc(F)c2n1. The van der Waals surface area contributed by atoms with Crippen molar-refractivity contribution >= 4 is 22.8 Å². The van der Waals surface area contributed by atoms with E-state index in [0.29, 0.717) is 29.5 Å². The maximum absolute atomic E-state index is 14.6. The number of fused-ring (bicyclic) bond motifs is 1. The van der Waals surface area contributed by atoms with Crippen LogP contribution >= 0.6 is 0 Å². The summed E-state index contributed by atoms with van der Waals surface area (Å²) in [7, 11) is 0. The van der Waals surface area contributed by atoms with E-state index in [4.69, 9.17) is 9.47 Å². The van der Waals surface area contributed by atoms with Gasteiger partial charge in [-0.05, 0) is 42.2 Å². The lowest BCUT2D eigenvalue weighted by Crippen LogP contribution is -2.50. The number of rotatable bonds is 6. The van der Waals surface area contributed by atoms with Gasteiger partial charge in [-0.25, -0.2) is 18.2 Å². The molecule has 178 valence electrons.